The molecule has 0 saturated heterocycles. The maximum absolute atomic E-state index is 12.2. The highest BCUT2D eigenvalue weighted by Gasteiger charge is 2.25. The van der Waals surface area contributed by atoms with Gasteiger partial charge in [0, 0.05) is 6.04 Å². The summed E-state index contributed by atoms with van der Waals surface area (Å²) in [4.78, 5) is 12.2. The summed E-state index contributed by atoms with van der Waals surface area (Å²) in [7, 11) is 0. The summed E-state index contributed by atoms with van der Waals surface area (Å²) in [5.41, 5.74) is 7.62. The molecule has 1 aromatic heterocycles. The zero-order valence-corrected chi connectivity index (χ0v) is 12.0. The van der Waals surface area contributed by atoms with Gasteiger partial charge in [-0.05, 0) is 31.6 Å². The van der Waals surface area contributed by atoms with Crippen LogP contribution >= 0.6 is 0 Å². The Labute approximate surface area is 114 Å². The smallest absolute Gasteiger partial charge is 0.274 e. The summed E-state index contributed by atoms with van der Waals surface area (Å²) in [6, 6.07) is 0.189. The lowest BCUT2D eigenvalue weighted by atomic mass is 9.99. The SMILES string of the molecule is CC(C)c1[nH]nc(C(=O)NC(C)C2CCCC2)c1N. The molecule has 0 aromatic carbocycles. The minimum Gasteiger partial charge on any atom is -0.395 e. The monoisotopic (exact) mass is 264 g/mol. The molecule has 2 rings (SSSR count). The van der Waals surface area contributed by atoms with Crippen molar-refractivity contribution in [2.24, 2.45) is 5.92 Å². The van der Waals surface area contributed by atoms with Crippen LogP contribution in [0, 0.1) is 5.92 Å². The van der Waals surface area contributed by atoms with E-state index in [4.69, 9.17) is 5.73 Å². The van der Waals surface area contributed by atoms with Crippen LogP contribution in [-0.4, -0.2) is 22.1 Å². The summed E-state index contributed by atoms with van der Waals surface area (Å²) in [5.74, 6) is 0.662. The van der Waals surface area contributed by atoms with Gasteiger partial charge < -0.3 is 11.1 Å². The van der Waals surface area contributed by atoms with Gasteiger partial charge in [-0.2, -0.15) is 5.10 Å². The van der Waals surface area contributed by atoms with Gasteiger partial charge in [0.15, 0.2) is 5.69 Å². The van der Waals surface area contributed by atoms with Crippen molar-refractivity contribution in [1.82, 2.24) is 15.5 Å². The lowest BCUT2D eigenvalue weighted by Gasteiger charge is -2.19. The van der Waals surface area contributed by atoms with E-state index in [0.29, 0.717) is 17.3 Å². The molecular weight excluding hydrogens is 240 g/mol. The van der Waals surface area contributed by atoms with Crippen LogP contribution in [0.2, 0.25) is 0 Å². The molecule has 5 heteroatoms. The average molecular weight is 264 g/mol. The summed E-state index contributed by atoms with van der Waals surface area (Å²) in [5, 5.41) is 9.95. The highest BCUT2D eigenvalue weighted by atomic mass is 16.2. The Kier molecular flexibility index (Phi) is 4.12. The quantitative estimate of drug-likeness (QED) is 0.781. The minimum atomic E-state index is -0.167. The van der Waals surface area contributed by atoms with Crippen LogP contribution < -0.4 is 11.1 Å². The average Bonchev–Trinajstić information content (AvgIpc) is 2.96. The Morgan fingerprint density at radius 1 is 1.37 bits per heavy atom. The number of rotatable bonds is 4. The Balaban J connectivity index is 2.03. The van der Waals surface area contributed by atoms with Crippen molar-refractivity contribution >= 4 is 11.6 Å². The van der Waals surface area contributed by atoms with E-state index in [1.807, 2.05) is 13.8 Å². The molecule has 4 N–H and O–H groups in total. The van der Waals surface area contributed by atoms with E-state index in [9.17, 15) is 4.79 Å². The number of carbonyl (C=O) groups is 1. The molecule has 5 nitrogen and oxygen atoms in total. The molecular formula is C14H24N4O. The highest BCUT2D eigenvalue weighted by molar-refractivity contribution is 5.97. The Hall–Kier alpha value is -1.52. The number of hydrogen-bond donors (Lipinski definition) is 3. The van der Waals surface area contributed by atoms with E-state index in [1.165, 1.54) is 25.7 Å². The van der Waals surface area contributed by atoms with Crippen molar-refractivity contribution in [3.05, 3.63) is 11.4 Å². The zero-order valence-electron chi connectivity index (χ0n) is 12.0. The second-order valence-electron chi connectivity index (χ2n) is 5.86. The lowest BCUT2D eigenvalue weighted by Crippen LogP contribution is -2.37. The first-order chi connectivity index (χ1) is 9.00. The number of aromatic amines is 1. The first-order valence-electron chi connectivity index (χ1n) is 7.15. The predicted octanol–water partition coefficient (Wildman–Crippen LogP) is 2.42. The van der Waals surface area contributed by atoms with Gasteiger partial charge in [-0.1, -0.05) is 26.7 Å². The topological polar surface area (TPSA) is 83.8 Å². The molecule has 1 aliphatic rings. The van der Waals surface area contributed by atoms with Crippen molar-refractivity contribution in [2.75, 3.05) is 5.73 Å². The number of nitrogen functional groups attached to an aromatic ring is 1. The Morgan fingerprint density at radius 2 is 2.00 bits per heavy atom. The molecule has 106 valence electrons. The van der Waals surface area contributed by atoms with Crippen molar-refractivity contribution in [3.63, 3.8) is 0 Å². The molecule has 1 atom stereocenters. The number of carbonyl (C=O) groups excluding carboxylic acids is 1. The van der Waals surface area contributed by atoms with Crippen molar-refractivity contribution in [3.8, 4) is 0 Å². The van der Waals surface area contributed by atoms with Gasteiger partial charge in [-0.25, -0.2) is 0 Å². The minimum absolute atomic E-state index is 0.167. The number of anilines is 1. The van der Waals surface area contributed by atoms with Gasteiger partial charge in [-0.15, -0.1) is 0 Å². The third-order valence-corrected chi connectivity index (χ3v) is 4.09. The summed E-state index contributed by atoms with van der Waals surface area (Å²) in [6.45, 7) is 6.11. The van der Waals surface area contributed by atoms with Crippen LogP contribution in [0.4, 0.5) is 5.69 Å². The summed E-state index contributed by atoms with van der Waals surface area (Å²) >= 11 is 0. The van der Waals surface area contributed by atoms with E-state index < -0.39 is 0 Å². The number of hydrogen-bond acceptors (Lipinski definition) is 3. The maximum atomic E-state index is 12.2. The molecule has 0 aliphatic heterocycles. The standard InChI is InChI=1S/C14H24N4O/c1-8(2)12-11(15)13(18-17-12)14(19)16-9(3)10-6-4-5-7-10/h8-10H,4-7,15H2,1-3H3,(H,16,19)(H,17,18). The van der Waals surface area contributed by atoms with E-state index >= 15 is 0 Å². The van der Waals surface area contributed by atoms with Gasteiger partial charge in [-0.3, -0.25) is 9.89 Å². The van der Waals surface area contributed by atoms with Crippen LogP contribution in [0.3, 0.4) is 0 Å². The molecule has 1 fully saturated rings. The van der Waals surface area contributed by atoms with E-state index in [-0.39, 0.29) is 17.9 Å². The summed E-state index contributed by atoms with van der Waals surface area (Å²) in [6.07, 6.45) is 4.95. The third-order valence-electron chi connectivity index (χ3n) is 4.09. The Bertz CT molecular complexity index is 446. The fourth-order valence-corrected chi connectivity index (χ4v) is 2.83. The molecule has 1 aliphatic carbocycles. The fourth-order valence-electron chi connectivity index (χ4n) is 2.83. The van der Waals surface area contributed by atoms with E-state index in [0.717, 1.165) is 5.69 Å². The number of nitrogens with zero attached hydrogens (tertiary/aromatic N) is 1. The predicted molar refractivity (Wildman–Crippen MR) is 76.0 cm³/mol. The van der Waals surface area contributed by atoms with E-state index in [2.05, 4.69) is 22.4 Å². The fraction of sp³-hybridized carbons (Fsp3) is 0.714. The molecule has 1 unspecified atom stereocenters. The molecule has 0 radical (unpaired) electrons. The number of nitrogens with two attached hydrogens (primary N) is 1. The van der Waals surface area contributed by atoms with Gasteiger partial charge in [0.1, 0.15) is 0 Å². The van der Waals surface area contributed by atoms with E-state index in [1.54, 1.807) is 0 Å². The van der Waals surface area contributed by atoms with Crippen LogP contribution in [0.25, 0.3) is 0 Å². The first-order valence-corrected chi connectivity index (χ1v) is 7.15. The number of H-pyrrole nitrogens is 1. The van der Waals surface area contributed by atoms with Gasteiger partial charge in [0.25, 0.3) is 5.91 Å². The first kappa shape index (κ1) is 13.9. The molecule has 0 bridgehead atoms. The molecule has 1 heterocycles. The molecule has 1 aromatic rings. The highest BCUT2D eigenvalue weighted by Crippen LogP contribution is 2.28. The van der Waals surface area contributed by atoms with Crippen LogP contribution in [-0.2, 0) is 0 Å². The Morgan fingerprint density at radius 3 is 2.53 bits per heavy atom. The van der Waals surface area contributed by atoms with Gasteiger partial charge in [0.05, 0.1) is 11.4 Å². The van der Waals surface area contributed by atoms with Crippen LogP contribution in [0.5, 0.6) is 0 Å². The summed E-state index contributed by atoms with van der Waals surface area (Å²) < 4.78 is 0. The number of nitrogens with one attached hydrogen (secondary N) is 2. The second kappa shape index (κ2) is 5.63. The maximum Gasteiger partial charge on any atom is 0.274 e. The van der Waals surface area contributed by atoms with Crippen molar-refractivity contribution in [1.29, 1.82) is 0 Å². The normalized spacial score (nSPS) is 17.9. The lowest BCUT2D eigenvalue weighted by molar-refractivity contribution is 0.0923. The molecule has 1 saturated carbocycles. The number of aromatic nitrogens is 2. The second-order valence-corrected chi connectivity index (χ2v) is 5.86. The largest absolute Gasteiger partial charge is 0.395 e. The van der Waals surface area contributed by atoms with Crippen molar-refractivity contribution < 1.29 is 4.79 Å². The molecule has 0 spiro atoms. The molecule has 1 amide bonds. The zero-order chi connectivity index (χ0) is 14.0. The van der Waals surface area contributed by atoms with Gasteiger partial charge >= 0.3 is 0 Å². The molecule has 19 heavy (non-hydrogen) atoms. The third kappa shape index (κ3) is 2.91. The van der Waals surface area contributed by atoms with Crippen LogP contribution in [0.15, 0.2) is 0 Å². The number of amides is 1. The van der Waals surface area contributed by atoms with Crippen LogP contribution in [0.1, 0.15) is 68.6 Å². The van der Waals surface area contributed by atoms with Crippen molar-refractivity contribution in [2.45, 2.75) is 58.4 Å². The van der Waals surface area contributed by atoms with Gasteiger partial charge in [0.2, 0.25) is 0 Å².